The van der Waals surface area contributed by atoms with E-state index in [1.165, 1.54) is 12.1 Å². The molecule has 33 heavy (non-hydrogen) atoms. The number of hydrogen-bond donors (Lipinski definition) is 1. The highest BCUT2D eigenvalue weighted by molar-refractivity contribution is 6.30. The molecule has 1 N–H and O–H groups in total. The van der Waals surface area contributed by atoms with Gasteiger partial charge in [0.25, 0.3) is 0 Å². The standard InChI is InChI=1S/C26H21ClFN3O2/c27-16-8-6-15(7-9-16)22-21-5-3-13-31(21)26(23(22)24(32)20-4-1-2-12-29-20)18-14-17(28)10-11-19(18)30-25(26)33/h1-2,4,6-12,14,21-23H,3,5,13H2,(H,30,33)/t21-,22-,23+,26-/m1/s1. The third-order valence-electron chi connectivity index (χ3n) is 7.42. The van der Waals surface area contributed by atoms with Gasteiger partial charge in [-0.1, -0.05) is 29.8 Å². The second kappa shape index (κ2) is 7.47. The van der Waals surface area contributed by atoms with Crippen molar-refractivity contribution in [2.75, 3.05) is 11.9 Å². The maximum atomic E-state index is 14.5. The Kier molecular flexibility index (Phi) is 4.64. The number of carbonyl (C=O) groups excluding carboxylic acids is 2. The fraction of sp³-hybridized carbons (Fsp3) is 0.269. The van der Waals surface area contributed by atoms with Crippen LogP contribution in [0.15, 0.2) is 66.9 Å². The summed E-state index contributed by atoms with van der Waals surface area (Å²) in [6, 6.07) is 17.0. The maximum Gasteiger partial charge on any atom is 0.250 e. The first-order chi connectivity index (χ1) is 16.0. The van der Waals surface area contributed by atoms with Crippen molar-refractivity contribution in [3.05, 3.63) is 94.5 Å². The molecule has 1 aromatic heterocycles. The number of nitrogens with one attached hydrogen (secondary N) is 1. The molecule has 1 amide bonds. The smallest absolute Gasteiger partial charge is 0.250 e. The largest absolute Gasteiger partial charge is 0.324 e. The van der Waals surface area contributed by atoms with Crippen molar-refractivity contribution < 1.29 is 14.0 Å². The van der Waals surface area contributed by atoms with E-state index in [1.54, 1.807) is 30.5 Å². The fourth-order valence-electron chi connectivity index (χ4n) is 6.26. The van der Waals surface area contributed by atoms with Crippen molar-refractivity contribution >= 4 is 29.0 Å². The van der Waals surface area contributed by atoms with Gasteiger partial charge < -0.3 is 5.32 Å². The molecule has 6 rings (SSSR count). The van der Waals surface area contributed by atoms with Crippen molar-refractivity contribution in [3.63, 3.8) is 0 Å². The van der Waals surface area contributed by atoms with Crippen LogP contribution < -0.4 is 5.32 Å². The summed E-state index contributed by atoms with van der Waals surface area (Å²) in [5.41, 5.74) is 1.05. The summed E-state index contributed by atoms with van der Waals surface area (Å²) < 4.78 is 14.5. The molecule has 4 heterocycles. The molecule has 0 saturated carbocycles. The number of amides is 1. The van der Waals surface area contributed by atoms with E-state index in [0.29, 0.717) is 28.5 Å². The molecule has 0 aliphatic carbocycles. The number of ketones is 1. The molecule has 0 radical (unpaired) electrons. The Bertz CT molecular complexity index is 1270. The zero-order valence-electron chi connectivity index (χ0n) is 17.7. The predicted molar refractivity (Wildman–Crippen MR) is 123 cm³/mol. The second-order valence-electron chi connectivity index (χ2n) is 8.95. The minimum Gasteiger partial charge on any atom is -0.324 e. The molecule has 1 spiro atoms. The number of pyridine rings is 1. The van der Waals surface area contributed by atoms with E-state index in [2.05, 4.69) is 15.2 Å². The SMILES string of the molecule is O=C(c1ccccn1)[C@@H]1[C@H](c2ccc(Cl)cc2)[C@H]2CCCN2[C@@]12C(=O)Nc1ccc(F)cc12. The van der Waals surface area contributed by atoms with E-state index in [0.717, 1.165) is 18.4 Å². The topological polar surface area (TPSA) is 62.3 Å². The summed E-state index contributed by atoms with van der Waals surface area (Å²) in [7, 11) is 0. The molecular weight excluding hydrogens is 441 g/mol. The van der Waals surface area contributed by atoms with Crippen LogP contribution in [0.1, 0.15) is 40.4 Å². The number of benzene rings is 2. The molecule has 166 valence electrons. The first-order valence-corrected chi connectivity index (χ1v) is 11.5. The van der Waals surface area contributed by atoms with E-state index < -0.39 is 17.3 Å². The van der Waals surface area contributed by atoms with Crippen molar-refractivity contribution in [1.29, 1.82) is 0 Å². The molecule has 5 nitrogen and oxygen atoms in total. The number of Topliss-reactive ketones (excluding diaryl/α,β-unsaturated/α-hetero) is 1. The van der Waals surface area contributed by atoms with Gasteiger partial charge in [0.2, 0.25) is 5.91 Å². The van der Waals surface area contributed by atoms with Crippen molar-refractivity contribution in [2.45, 2.75) is 30.3 Å². The first-order valence-electron chi connectivity index (χ1n) is 11.1. The van der Waals surface area contributed by atoms with Gasteiger partial charge in [0, 0.05) is 34.4 Å². The number of hydrogen-bond acceptors (Lipinski definition) is 4. The average Bonchev–Trinajstić information content (AvgIpc) is 3.48. The number of fused-ring (bicyclic) bond motifs is 4. The molecule has 0 unspecified atom stereocenters. The van der Waals surface area contributed by atoms with Crippen LogP contribution in [0, 0.1) is 11.7 Å². The molecule has 2 aromatic carbocycles. The van der Waals surface area contributed by atoms with Crippen LogP contribution in [-0.2, 0) is 10.3 Å². The lowest BCUT2D eigenvalue weighted by Gasteiger charge is -2.36. The van der Waals surface area contributed by atoms with Crippen molar-refractivity contribution in [3.8, 4) is 0 Å². The van der Waals surface area contributed by atoms with Crippen LogP contribution in [0.2, 0.25) is 5.02 Å². The molecule has 0 bridgehead atoms. The van der Waals surface area contributed by atoms with Crippen LogP contribution in [-0.4, -0.2) is 34.2 Å². The minimum absolute atomic E-state index is 0.0381. The summed E-state index contributed by atoms with van der Waals surface area (Å²) >= 11 is 6.16. The molecule has 2 fully saturated rings. The molecule has 2 saturated heterocycles. The highest BCUT2D eigenvalue weighted by Crippen LogP contribution is 2.61. The zero-order valence-corrected chi connectivity index (χ0v) is 18.4. The van der Waals surface area contributed by atoms with Crippen LogP contribution in [0.3, 0.4) is 0 Å². The normalized spacial score (nSPS) is 28.1. The number of aromatic nitrogens is 1. The Morgan fingerprint density at radius 2 is 1.97 bits per heavy atom. The van der Waals surface area contributed by atoms with Gasteiger partial charge >= 0.3 is 0 Å². The van der Waals surface area contributed by atoms with Gasteiger partial charge in [-0.2, -0.15) is 0 Å². The van der Waals surface area contributed by atoms with Crippen LogP contribution >= 0.6 is 11.6 Å². The number of anilines is 1. The lowest BCUT2D eigenvalue weighted by molar-refractivity contribution is -0.127. The van der Waals surface area contributed by atoms with Crippen molar-refractivity contribution in [2.24, 2.45) is 5.92 Å². The number of nitrogens with zero attached hydrogens (tertiary/aromatic N) is 2. The Balaban J connectivity index is 1.63. The predicted octanol–water partition coefficient (Wildman–Crippen LogP) is 4.78. The monoisotopic (exact) mass is 461 g/mol. The fourth-order valence-corrected chi connectivity index (χ4v) is 6.39. The number of rotatable bonds is 3. The van der Waals surface area contributed by atoms with Crippen LogP contribution in [0.4, 0.5) is 10.1 Å². The summed E-state index contributed by atoms with van der Waals surface area (Å²) in [6.45, 7) is 0.657. The van der Waals surface area contributed by atoms with Crippen LogP contribution in [0.25, 0.3) is 0 Å². The van der Waals surface area contributed by atoms with E-state index >= 15 is 0 Å². The Labute approximate surface area is 195 Å². The molecule has 4 atom stereocenters. The molecule has 3 aromatic rings. The average molecular weight is 462 g/mol. The quantitative estimate of drug-likeness (QED) is 0.570. The lowest BCUT2D eigenvalue weighted by atomic mass is 9.69. The van der Waals surface area contributed by atoms with Crippen LogP contribution in [0.5, 0.6) is 0 Å². The van der Waals surface area contributed by atoms with Gasteiger partial charge in [-0.25, -0.2) is 4.39 Å². The van der Waals surface area contributed by atoms with Gasteiger partial charge in [-0.3, -0.25) is 19.5 Å². The van der Waals surface area contributed by atoms with E-state index in [4.69, 9.17) is 11.6 Å². The summed E-state index contributed by atoms with van der Waals surface area (Å²) in [5.74, 6) is -1.95. The highest BCUT2D eigenvalue weighted by Gasteiger charge is 2.69. The third-order valence-corrected chi connectivity index (χ3v) is 7.67. The van der Waals surface area contributed by atoms with Gasteiger partial charge in [0.1, 0.15) is 17.1 Å². The Hall–Kier alpha value is -3.09. The minimum atomic E-state index is -1.29. The summed E-state index contributed by atoms with van der Waals surface area (Å²) in [6.07, 6.45) is 3.33. The van der Waals surface area contributed by atoms with E-state index in [9.17, 15) is 14.0 Å². The van der Waals surface area contributed by atoms with E-state index in [-0.39, 0.29) is 23.7 Å². The molecule has 3 aliphatic rings. The summed E-state index contributed by atoms with van der Waals surface area (Å²) in [5, 5.41) is 3.55. The molecular formula is C26H21ClFN3O2. The number of carbonyl (C=O) groups is 2. The lowest BCUT2D eigenvalue weighted by Crippen LogP contribution is -2.53. The Morgan fingerprint density at radius 1 is 1.15 bits per heavy atom. The first kappa shape index (κ1) is 20.5. The zero-order chi connectivity index (χ0) is 22.7. The third kappa shape index (κ3) is 2.84. The molecule has 3 aliphatic heterocycles. The van der Waals surface area contributed by atoms with Gasteiger partial charge in [0.15, 0.2) is 5.78 Å². The second-order valence-corrected chi connectivity index (χ2v) is 9.38. The highest BCUT2D eigenvalue weighted by atomic mass is 35.5. The van der Waals surface area contributed by atoms with Gasteiger partial charge in [-0.05, 0) is 67.4 Å². The Morgan fingerprint density at radius 3 is 2.73 bits per heavy atom. The molecule has 7 heteroatoms. The number of halogens is 2. The van der Waals surface area contributed by atoms with Gasteiger partial charge in [-0.15, -0.1) is 0 Å². The van der Waals surface area contributed by atoms with E-state index in [1.807, 2.05) is 24.3 Å². The van der Waals surface area contributed by atoms with Crippen molar-refractivity contribution in [1.82, 2.24) is 9.88 Å². The summed E-state index contributed by atoms with van der Waals surface area (Å²) in [4.78, 5) is 34.4. The van der Waals surface area contributed by atoms with Gasteiger partial charge in [0.05, 0.1) is 5.92 Å². The maximum absolute atomic E-state index is 14.5.